The summed E-state index contributed by atoms with van der Waals surface area (Å²) in [6.45, 7) is 0.834. The minimum Gasteiger partial charge on any atom is -0.393 e. The van der Waals surface area contributed by atoms with Crippen molar-refractivity contribution in [3.05, 3.63) is 59.2 Å². The Morgan fingerprint density at radius 1 is 1.11 bits per heavy atom. The highest BCUT2D eigenvalue weighted by Crippen LogP contribution is 2.32. The van der Waals surface area contributed by atoms with Gasteiger partial charge in [-0.15, -0.1) is 0 Å². The number of rotatable bonds is 3. The number of aromatic nitrogens is 2. The van der Waals surface area contributed by atoms with Crippen molar-refractivity contribution in [3.63, 3.8) is 0 Å². The Hall–Kier alpha value is -3.44. The number of nitrogens with zero attached hydrogens (tertiary/aromatic N) is 3. The van der Waals surface area contributed by atoms with Gasteiger partial charge in [0.15, 0.2) is 0 Å². The van der Waals surface area contributed by atoms with Gasteiger partial charge in [-0.25, -0.2) is 0 Å². The van der Waals surface area contributed by atoms with Crippen LogP contribution in [0.4, 0.5) is 18.9 Å². The van der Waals surface area contributed by atoms with E-state index in [-0.39, 0.29) is 29.7 Å². The predicted octanol–water partition coefficient (Wildman–Crippen LogP) is 3.57. The lowest BCUT2D eigenvalue weighted by molar-refractivity contribution is -0.137. The first kappa shape index (κ1) is 24.3. The number of aliphatic hydroxyl groups excluding tert-OH is 1. The van der Waals surface area contributed by atoms with Crippen LogP contribution in [0.2, 0.25) is 0 Å². The van der Waals surface area contributed by atoms with Crippen LogP contribution in [0, 0.1) is 0 Å². The number of alkyl halides is 3. The molecule has 0 atom stereocenters. The van der Waals surface area contributed by atoms with Crippen molar-refractivity contribution in [2.45, 2.75) is 44.0 Å². The molecule has 1 aliphatic carbocycles. The Morgan fingerprint density at radius 2 is 1.89 bits per heavy atom. The number of nitrogens with one attached hydrogen (secondary N) is 1. The molecule has 2 aliphatic rings. The highest BCUT2D eigenvalue weighted by Gasteiger charge is 2.31. The quantitative estimate of drug-likeness (QED) is 0.572. The highest BCUT2D eigenvalue weighted by molar-refractivity contribution is 5.97. The molecule has 1 aromatic heterocycles. The second kappa shape index (κ2) is 9.55. The van der Waals surface area contributed by atoms with Gasteiger partial charge in [-0.1, -0.05) is 6.07 Å². The van der Waals surface area contributed by atoms with E-state index < -0.39 is 23.8 Å². The van der Waals surface area contributed by atoms with E-state index in [0.717, 1.165) is 17.6 Å². The van der Waals surface area contributed by atoms with Gasteiger partial charge in [0.1, 0.15) is 6.61 Å². The number of ether oxygens (including phenoxy) is 1. The first-order valence-corrected chi connectivity index (χ1v) is 11.8. The lowest BCUT2D eigenvalue weighted by atomic mass is 9.93. The minimum atomic E-state index is -4.58. The van der Waals surface area contributed by atoms with Crippen molar-refractivity contribution in [1.82, 2.24) is 9.55 Å². The Balaban J connectivity index is 1.59. The van der Waals surface area contributed by atoms with Crippen molar-refractivity contribution >= 4 is 28.5 Å². The van der Waals surface area contributed by atoms with Gasteiger partial charge < -0.3 is 24.3 Å². The zero-order valence-electron chi connectivity index (χ0n) is 19.3. The maximum Gasteiger partial charge on any atom is 0.416 e. The third-order valence-corrected chi connectivity index (χ3v) is 6.69. The molecule has 1 aliphatic heterocycles. The molecule has 0 radical (unpaired) electrons. The van der Waals surface area contributed by atoms with E-state index in [1.54, 1.807) is 11.0 Å². The number of hydrogen-bond donors (Lipinski definition) is 2. The molecule has 2 amide bonds. The number of morpholine rings is 1. The summed E-state index contributed by atoms with van der Waals surface area (Å²) < 4.78 is 46.5. The molecule has 2 N–H and O–H groups in total. The normalized spacial score (nSPS) is 21.8. The molecule has 3 aromatic rings. The Bertz CT molecular complexity index is 1370. The van der Waals surface area contributed by atoms with E-state index in [1.165, 1.54) is 12.1 Å². The average Bonchev–Trinajstić information content (AvgIpc) is 3.21. The van der Waals surface area contributed by atoms with Crippen LogP contribution < -0.4 is 10.5 Å². The van der Waals surface area contributed by atoms with Gasteiger partial charge in [0.05, 0.1) is 29.3 Å². The summed E-state index contributed by atoms with van der Waals surface area (Å²) >= 11 is 0. The van der Waals surface area contributed by atoms with E-state index in [4.69, 9.17) is 4.74 Å². The lowest BCUT2D eigenvalue weighted by Crippen LogP contribution is -2.41. The molecule has 8 nitrogen and oxygen atoms in total. The predicted molar refractivity (Wildman–Crippen MR) is 124 cm³/mol. The van der Waals surface area contributed by atoms with Crippen molar-refractivity contribution in [2.24, 2.45) is 4.99 Å². The molecule has 11 heteroatoms. The second-order valence-electron chi connectivity index (χ2n) is 9.08. The first-order chi connectivity index (χ1) is 17.2. The van der Waals surface area contributed by atoms with E-state index in [9.17, 15) is 27.9 Å². The van der Waals surface area contributed by atoms with Crippen LogP contribution in [-0.4, -0.2) is 52.3 Å². The van der Waals surface area contributed by atoms with E-state index in [1.807, 2.05) is 16.7 Å². The number of carbonyl (C=O) groups excluding carboxylic acids is 2. The van der Waals surface area contributed by atoms with Crippen molar-refractivity contribution < 1.29 is 32.6 Å². The number of fused-ring (bicyclic) bond motifs is 1. The van der Waals surface area contributed by atoms with Crippen LogP contribution in [0.1, 0.15) is 47.6 Å². The van der Waals surface area contributed by atoms with Gasteiger partial charge in [0, 0.05) is 23.8 Å². The lowest BCUT2D eigenvalue weighted by Gasteiger charge is -2.28. The fourth-order valence-corrected chi connectivity index (χ4v) is 4.85. The SMILES string of the molecule is O=C(/N=c1\[nH]c2cc(N3CCOCC3=O)ccc2n1[C@H]1CC[C@@H](O)CC1)c1cccc(C(F)(F)F)c1. The summed E-state index contributed by atoms with van der Waals surface area (Å²) in [6, 6.07) is 9.55. The Morgan fingerprint density at radius 3 is 2.61 bits per heavy atom. The monoisotopic (exact) mass is 502 g/mol. The fraction of sp³-hybridized carbons (Fsp3) is 0.400. The molecule has 0 unspecified atom stereocenters. The highest BCUT2D eigenvalue weighted by atomic mass is 19.4. The third-order valence-electron chi connectivity index (χ3n) is 6.69. The number of anilines is 1. The number of aromatic amines is 1. The molecule has 2 fully saturated rings. The molecule has 36 heavy (non-hydrogen) atoms. The molecular weight excluding hydrogens is 477 g/mol. The van der Waals surface area contributed by atoms with Crippen molar-refractivity contribution in [3.8, 4) is 0 Å². The van der Waals surface area contributed by atoms with Crippen molar-refractivity contribution in [1.29, 1.82) is 0 Å². The van der Waals surface area contributed by atoms with Crippen LogP contribution >= 0.6 is 0 Å². The summed E-state index contributed by atoms with van der Waals surface area (Å²) in [5.74, 6) is -0.966. The number of hydrogen-bond acceptors (Lipinski definition) is 4. The number of imidazole rings is 1. The van der Waals surface area contributed by atoms with E-state index in [2.05, 4.69) is 9.98 Å². The molecule has 1 saturated carbocycles. The number of aliphatic hydroxyl groups is 1. The maximum absolute atomic E-state index is 13.1. The van der Waals surface area contributed by atoms with Crippen LogP contribution in [0.3, 0.4) is 0 Å². The fourth-order valence-electron chi connectivity index (χ4n) is 4.85. The molecule has 5 rings (SSSR count). The zero-order chi connectivity index (χ0) is 25.4. The zero-order valence-corrected chi connectivity index (χ0v) is 19.3. The molecule has 2 heterocycles. The molecule has 0 spiro atoms. The standard InChI is InChI=1S/C25H25F3N4O4/c26-25(27,28)16-3-1-2-15(12-16)23(35)30-24-29-20-13-18(31-10-11-36-14-22(31)34)6-9-21(20)32(24)17-4-7-19(33)8-5-17/h1-3,6,9,12-13,17,19,33H,4-5,7-8,10-11,14H2,(H,29,30,35)/t17-,19+. The maximum atomic E-state index is 13.1. The average molecular weight is 502 g/mol. The number of amides is 2. The largest absolute Gasteiger partial charge is 0.416 e. The van der Waals surface area contributed by atoms with E-state index >= 15 is 0 Å². The van der Waals surface area contributed by atoms with Gasteiger partial charge in [-0.05, 0) is 62.1 Å². The van der Waals surface area contributed by atoms with Crippen LogP contribution in [0.5, 0.6) is 0 Å². The Labute approximate surface area is 204 Å². The second-order valence-corrected chi connectivity index (χ2v) is 9.08. The summed E-state index contributed by atoms with van der Waals surface area (Å²) in [6.07, 6.45) is -2.48. The summed E-state index contributed by atoms with van der Waals surface area (Å²) in [7, 11) is 0. The molecule has 0 bridgehead atoms. The number of carbonyl (C=O) groups is 2. The number of benzene rings is 2. The van der Waals surface area contributed by atoms with Gasteiger partial charge in [-0.2, -0.15) is 18.2 Å². The number of halogens is 3. The molecule has 2 aromatic carbocycles. The number of H-pyrrole nitrogens is 1. The first-order valence-electron chi connectivity index (χ1n) is 11.8. The van der Waals surface area contributed by atoms with Gasteiger partial charge in [-0.3, -0.25) is 9.59 Å². The van der Waals surface area contributed by atoms with Crippen LogP contribution in [0.15, 0.2) is 47.5 Å². The Kier molecular flexibility index (Phi) is 6.44. The third kappa shape index (κ3) is 4.80. The minimum absolute atomic E-state index is 0.000755. The smallest absolute Gasteiger partial charge is 0.393 e. The van der Waals surface area contributed by atoms with Crippen LogP contribution in [0.25, 0.3) is 11.0 Å². The molecule has 190 valence electrons. The molecule has 1 saturated heterocycles. The van der Waals surface area contributed by atoms with Gasteiger partial charge in [0.25, 0.3) is 11.8 Å². The summed E-state index contributed by atoms with van der Waals surface area (Å²) in [4.78, 5) is 34.2. The van der Waals surface area contributed by atoms with Gasteiger partial charge in [0.2, 0.25) is 5.62 Å². The summed E-state index contributed by atoms with van der Waals surface area (Å²) in [5, 5.41) is 9.96. The van der Waals surface area contributed by atoms with Crippen molar-refractivity contribution in [2.75, 3.05) is 24.7 Å². The van der Waals surface area contributed by atoms with Crippen LogP contribution in [-0.2, 0) is 15.7 Å². The van der Waals surface area contributed by atoms with Gasteiger partial charge >= 0.3 is 6.18 Å². The van der Waals surface area contributed by atoms with E-state index in [0.29, 0.717) is 50.0 Å². The summed E-state index contributed by atoms with van der Waals surface area (Å²) in [5.41, 5.74) is 1.16. The molecular formula is C25H25F3N4O4. The topological polar surface area (TPSA) is 99.9 Å².